The molecule has 1 rings (SSSR count). The lowest BCUT2D eigenvalue weighted by Crippen LogP contribution is -2.30. The first-order valence-corrected chi connectivity index (χ1v) is 3.03. The van der Waals surface area contributed by atoms with Crippen molar-refractivity contribution < 1.29 is 14.3 Å². The van der Waals surface area contributed by atoms with Crippen LogP contribution in [0.5, 0.6) is 0 Å². The van der Waals surface area contributed by atoms with Crippen LogP contribution in [-0.4, -0.2) is 18.3 Å². The van der Waals surface area contributed by atoms with Gasteiger partial charge in [0.1, 0.15) is 0 Å². The zero-order chi connectivity index (χ0) is 8.27. The zero-order valence-electron chi connectivity index (χ0n) is 5.69. The van der Waals surface area contributed by atoms with Gasteiger partial charge in [0, 0.05) is 0 Å². The Kier molecular flexibility index (Phi) is 2.06. The maximum absolute atomic E-state index is 10.5. The molecule has 4 heteroatoms. The van der Waals surface area contributed by atoms with Gasteiger partial charge in [-0.05, 0) is 12.2 Å². The monoisotopic (exact) mass is 153 g/mol. The predicted molar refractivity (Wildman–Crippen MR) is 37.4 cm³/mol. The number of hydrogen-bond donors (Lipinski definition) is 1. The molecule has 0 aromatic heterocycles. The summed E-state index contributed by atoms with van der Waals surface area (Å²) in [6.45, 7) is 0. The number of hydrogen-bond acceptors (Lipinski definition) is 3. The van der Waals surface area contributed by atoms with Crippen LogP contribution in [0.15, 0.2) is 24.0 Å². The Bertz CT molecular complexity index is 242. The van der Waals surface area contributed by atoms with E-state index >= 15 is 0 Å². The summed E-state index contributed by atoms with van der Waals surface area (Å²) in [5, 5.41) is 0. The van der Waals surface area contributed by atoms with Crippen LogP contribution in [-0.2, 0) is 14.3 Å². The van der Waals surface area contributed by atoms with Gasteiger partial charge >= 0.3 is 0 Å². The van der Waals surface area contributed by atoms with Crippen LogP contribution >= 0.6 is 0 Å². The SMILES string of the molecule is NC(=O)C1C=CC=C(C=O)O1. The molecule has 0 aromatic rings. The van der Waals surface area contributed by atoms with Gasteiger partial charge in [0.2, 0.25) is 0 Å². The van der Waals surface area contributed by atoms with Crippen molar-refractivity contribution in [1.82, 2.24) is 0 Å². The highest BCUT2D eigenvalue weighted by Crippen LogP contribution is 2.07. The highest BCUT2D eigenvalue weighted by Gasteiger charge is 2.16. The standard InChI is InChI=1S/C7H7NO3/c8-7(10)6-3-1-2-5(4-9)11-6/h1-4,6H,(H2,8,10). The van der Waals surface area contributed by atoms with Gasteiger partial charge in [-0.25, -0.2) is 0 Å². The highest BCUT2D eigenvalue weighted by atomic mass is 16.5. The summed E-state index contributed by atoms with van der Waals surface area (Å²) in [6, 6.07) is 0. The van der Waals surface area contributed by atoms with E-state index in [1.165, 1.54) is 12.2 Å². The largest absolute Gasteiger partial charge is 0.473 e. The van der Waals surface area contributed by atoms with Crippen molar-refractivity contribution in [2.75, 3.05) is 0 Å². The molecule has 1 atom stereocenters. The van der Waals surface area contributed by atoms with E-state index in [0.717, 1.165) is 0 Å². The summed E-state index contributed by atoms with van der Waals surface area (Å²) in [5.74, 6) is -0.481. The van der Waals surface area contributed by atoms with Crippen LogP contribution in [0.1, 0.15) is 0 Å². The minimum atomic E-state index is -0.805. The normalized spacial score (nSPS) is 21.8. The molecule has 0 saturated carbocycles. The Morgan fingerprint density at radius 1 is 1.73 bits per heavy atom. The molecule has 0 aromatic carbocycles. The number of ether oxygens (including phenoxy) is 1. The van der Waals surface area contributed by atoms with E-state index in [0.29, 0.717) is 6.29 Å². The first-order valence-electron chi connectivity index (χ1n) is 3.03. The third-order valence-corrected chi connectivity index (χ3v) is 1.21. The summed E-state index contributed by atoms with van der Waals surface area (Å²) < 4.78 is 4.83. The summed E-state index contributed by atoms with van der Waals surface area (Å²) in [6.07, 6.45) is 4.23. The first kappa shape index (κ1) is 7.53. The highest BCUT2D eigenvalue weighted by molar-refractivity contribution is 5.83. The van der Waals surface area contributed by atoms with Crippen molar-refractivity contribution >= 4 is 12.2 Å². The van der Waals surface area contributed by atoms with Crippen molar-refractivity contribution in [2.45, 2.75) is 6.10 Å². The molecule has 0 bridgehead atoms. The number of nitrogens with two attached hydrogens (primary N) is 1. The Balaban J connectivity index is 2.69. The van der Waals surface area contributed by atoms with Gasteiger partial charge in [0.05, 0.1) is 0 Å². The molecular weight excluding hydrogens is 146 g/mol. The summed E-state index contributed by atoms with van der Waals surface area (Å²) >= 11 is 0. The Morgan fingerprint density at radius 3 is 3.00 bits per heavy atom. The van der Waals surface area contributed by atoms with Crippen LogP contribution < -0.4 is 5.73 Å². The Hall–Kier alpha value is -1.58. The Morgan fingerprint density at radius 2 is 2.45 bits per heavy atom. The maximum Gasteiger partial charge on any atom is 0.262 e. The quantitative estimate of drug-likeness (QED) is 0.544. The van der Waals surface area contributed by atoms with Gasteiger partial charge in [0.15, 0.2) is 18.1 Å². The molecule has 58 valence electrons. The molecule has 0 saturated heterocycles. The van der Waals surface area contributed by atoms with Crippen molar-refractivity contribution in [3.63, 3.8) is 0 Å². The first-order chi connectivity index (χ1) is 5.24. The number of amides is 1. The summed E-state index contributed by atoms with van der Waals surface area (Å²) in [7, 11) is 0. The molecule has 0 fully saturated rings. The van der Waals surface area contributed by atoms with E-state index in [1.54, 1.807) is 6.08 Å². The second-order valence-electron chi connectivity index (χ2n) is 2.01. The summed E-state index contributed by atoms with van der Waals surface area (Å²) in [5.41, 5.74) is 4.93. The van der Waals surface area contributed by atoms with Gasteiger partial charge in [-0.2, -0.15) is 0 Å². The molecule has 11 heavy (non-hydrogen) atoms. The molecule has 1 heterocycles. The molecule has 0 radical (unpaired) electrons. The lowest BCUT2D eigenvalue weighted by molar-refractivity contribution is -0.125. The fourth-order valence-corrected chi connectivity index (χ4v) is 0.696. The lowest BCUT2D eigenvalue weighted by Gasteiger charge is -2.13. The lowest BCUT2D eigenvalue weighted by atomic mass is 10.2. The fourth-order valence-electron chi connectivity index (χ4n) is 0.696. The molecule has 4 nitrogen and oxygen atoms in total. The van der Waals surface area contributed by atoms with Crippen molar-refractivity contribution in [2.24, 2.45) is 5.73 Å². The topological polar surface area (TPSA) is 69.4 Å². The number of aldehydes is 1. The molecular formula is C7H7NO3. The average molecular weight is 153 g/mol. The number of rotatable bonds is 2. The molecule has 1 aliphatic heterocycles. The van der Waals surface area contributed by atoms with Crippen LogP contribution in [0.25, 0.3) is 0 Å². The third-order valence-electron chi connectivity index (χ3n) is 1.21. The fraction of sp³-hybridized carbons (Fsp3) is 0.143. The van der Waals surface area contributed by atoms with Gasteiger partial charge in [-0.15, -0.1) is 0 Å². The molecule has 1 unspecified atom stereocenters. The smallest absolute Gasteiger partial charge is 0.262 e. The van der Waals surface area contributed by atoms with E-state index in [2.05, 4.69) is 0 Å². The third kappa shape index (κ3) is 1.67. The zero-order valence-corrected chi connectivity index (χ0v) is 5.69. The second kappa shape index (κ2) is 3.01. The minimum absolute atomic E-state index is 0.122. The minimum Gasteiger partial charge on any atom is -0.473 e. The molecule has 0 aliphatic carbocycles. The number of carbonyl (C=O) groups is 2. The Labute approximate surface area is 63.3 Å². The van der Waals surface area contributed by atoms with Crippen LogP contribution in [0, 0.1) is 0 Å². The van der Waals surface area contributed by atoms with Crippen LogP contribution in [0.3, 0.4) is 0 Å². The molecule has 0 spiro atoms. The second-order valence-corrected chi connectivity index (χ2v) is 2.01. The van der Waals surface area contributed by atoms with Crippen molar-refractivity contribution in [3.05, 3.63) is 24.0 Å². The van der Waals surface area contributed by atoms with Crippen molar-refractivity contribution in [1.29, 1.82) is 0 Å². The van der Waals surface area contributed by atoms with Crippen LogP contribution in [0.4, 0.5) is 0 Å². The summed E-state index contributed by atoms with van der Waals surface area (Å²) in [4.78, 5) is 20.7. The van der Waals surface area contributed by atoms with E-state index in [1.807, 2.05) is 0 Å². The van der Waals surface area contributed by atoms with E-state index in [9.17, 15) is 9.59 Å². The number of carbonyl (C=O) groups excluding carboxylic acids is 2. The predicted octanol–water partition coefficient (Wildman–Crippen LogP) is -0.491. The van der Waals surface area contributed by atoms with E-state index in [-0.39, 0.29) is 5.76 Å². The van der Waals surface area contributed by atoms with E-state index < -0.39 is 12.0 Å². The van der Waals surface area contributed by atoms with Gasteiger partial charge < -0.3 is 10.5 Å². The van der Waals surface area contributed by atoms with Gasteiger partial charge in [-0.1, -0.05) is 6.08 Å². The number of allylic oxidation sites excluding steroid dienone is 3. The van der Waals surface area contributed by atoms with Crippen LogP contribution in [0.2, 0.25) is 0 Å². The van der Waals surface area contributed by atoms with Crippen molar-refractivity contribution in [3.8, 4) is 0 Å². The van der Waals surface area contributed by atoms with Gasteiger partial charge in [-0.3, -0.25) is 9.59 Å². The average Bonchev–Trinajstić information content (AvgIpc) is 2.05. The molecule has 1 aliphatic rings. The van der Waals surface area contributed by atoms with E-state index in [4.69, 9.17) is 10.5 Å². The maximum atomic E-state index is 10.5. The number of primary amides is 1. The van der Waals surface area contributed by atoms with Gasteiger partial charge in [0.25, 0.3) is 5.91 Å². The molecule has 1 amide bonds. The molecule has 2 N–H and O–H groups in total.